The summed E-state index contributed by atoms with van der Waals surface area (Å²) in [6.07, 6.45) is -1.27. The number of esters is 1. The normalized spacial score (nSPS) is 18.1. The number of amides is 5. The van der Waals surface area contributed by atoms with Crippen LogP contribution < -0.4 is 5.32 Å². The summed E-state index contributed by atoms with van der Waals surface area (Å²) < 4.78 is 5.08. The van der Waals surface area contributed by atoms with E-state index in [9.17, 15) is 24.0 Å². The molecule has 1 aromatic carbocycles. The summed E-state index contributed by atoms with van der Waals surface area (Å²) in [5, 5.41) is 2.66. The van der Waals surface area contributed by atoms with E-state index in [-0.39, 0.29) is 27.7 Å². The summed E-state index contributed by atoms with van der Waals surface area (Å²) in [7, 11) is 0. The summed E-state index contributed by atoms with van der Waals surface area (Å²) in [6, 6.07) is 0.647. The van der Waals surface area contributed by atoms with Crippen LogP contribution in [0.3, 0.4) is 0 Å². The van der Waals surface area contributed by atoms with Gasteiger partial charge in [-0.3, -0.25) is 24.2 Å². The Labute approximate surface area is 169 Å². The van der Waals surface area contributed by atoms with Crippen molar-refractivity contribution >= 4 is 52.9 Å². The molecular weight excluding hydrogens is 413 g/mol. The third kappa shape index (κ3) is 3.31. The smallest absolute Gasteiger partial charge is 0.329 e. The molecule has 28 heavy (non-hydrogen) atoms. The first-order chi connectivity index (χ1) is 13.1. The highest BCUT2D eigenvalue weighted by atomic mass is 35.5. The summed E-state index contributed by atoms with van der Waals surface area (Å²) in [5.41, 5.74) is 0.0498. The average molecular weight is 428 g/mol. The fourth-order valence-corrected chi connectivity index (χ4v) is 3.26. The van der Waals surface area contributed by atoms with Gasteiger partial charge < -0.3 is 10.1 Å². The van der Waals surface area contributed by atoms with Crippen molar-refractivity contribution in [2.24, 2.45) is 0 Å². The number of urea groups is 1. The van der Waals surface area contributed by atoms with Gasteiger partial charge in [0.05, 0.1) is 21.2 Å². The van der Waals surface area contributed by atoms with Gasteiger partial charge in [-0.15, -0.1) is 0 Å². The van der Waals surface area contributed by atoms with Gasteiger partial charge in [-0.25, -0.2) is 9.59 Å². The Morgan fingerprint density at radius 3 is 2.07 bits per heavy atom. The molecule has 3 rings (SSSR count). The second-order valence-electron chi connectivity index (χ2n) is 6.27. The predicted octanol–water partition coefficient (Wildman–Crippen LogP) is 1.46. The molecule has 11 heteroatoms. The van der Waals surface area contributed by atoms with E-state index in [2.05, 4.69) is 5.32 Å². The van der Waals surface area contributed by atoms with Crippen molar-refractivity contribution in [2.75, 3.05) is 13.1 Å². The van der Waals surface area contributed by atoms with Gasteiger partial charge in [0.15, 0.2) is 6.10 Å². The van der Waals surface area contributed by atoms with Crippen molar-refractivity contribution in [3.05, 3.63) is 33.3 Å². The molecule has 0 bridgehead atoms. The highest BCUT2D eigenvalue weighted by Crippen LogP contribution is 2.32. The van der Waals surface area contributed by atoms with Crippen LogP contribution in [-0.4, -0.2) is 64.8 Å². The zero-order valence-electron chi connectivity index (χ0n) is 14.8. The molecule has 148 valence electrons. The maximum Gasteiger partial charge on any atom is 0.329 e. The van der Waals surface area contributed by atoms with Gasteiger partial charge in [0.2, 0.25) is 0 Å². The number of halogens is 2. The lowest BCUT2D eigenvalue weighted by Crippen LogP contribution is -2.47. The number of benzene rings is 1. The van der Waals surface area contributed by atoms with Crippen LogP contribution in [0.4, 0.5) is 4.79 Å². The minimum atomic E-state index is -1.30. The zero-order valence-corrected chi connectivity index (χ0v) is 16.3. The highest BCUT2D eigenvalue weighted by Gasteiger charge is 2.43. The molecule has 5 amide bonds. The molecule has 1 N–H and O–H groups in total. The van der Waals surface area contributed by atoms with Crippen molar-refractivity contribution in [1.29, 1.82) is 0 Å². The van der Waals surface area contributed by atoms with Crippen LogP contribution in [0.5, 0.6) is 0 Å². The third-order valence-corrected chi connectivity index (χ3v) is 5.17. The topological polar surface area (TPSA) is 113 Å². The molecule has 0 aromatic heterocycles. The molecule has 2 aliphatic heterocycles. The van der Waals surface area contributed by atoms with Crippen LogP contribution in [-0.2, 0) is 14.3 Å². The lowest BCUT2D eigenvalue weighted by Gasteiger charge is -2.24. The lowest BCUT2D eigenvalue weighted by molar-refractivity contribution is -0.160. The quantitative estimate of drug-likeness (QED) is 0.574. The minimum absolute atomic E-state index is 0.0249. The van der Waals surface area contributed by atoms with Gasteiger partial charge in [-0.2, -0.15) is 0 Å². The molecule has 0 radical (unpaired) electrons. The number of hydrogen-bond acceptors (Lipinski definition) is 6. The van der Waals surface area contributed by atoms with E-state index < -0.39 is 41.9 Å². The van der Waals surface area contributed by atoms with Crippen molar-refractivity contribution in [3.8, 4) is 0 Å². The second kappa shape index (κ2) is 7.40. The predicted molar refractivity (Wildman–Crippen MR) is 97.1 cm³/mol. The van der Waals surface area contributed by atoms with Gasteiger partial charge in [0.1, 0.15) is 6.04 Å². The molecule has 2 aliphatic rings. The van der Waals surface area contributed by atoms with Crippen LogP contribution in [0.25, 0.3) is 0 Å². The van der Waals surface area contributed by atoms with Crippen LogP contribution >= 0.6 is 23.2 Å². The average Bonchev–Trinajstić information content (AvgIpc) is 3.16. The molecule has 9 nitrogen and oxygen atoms in total. The van der Waals surface area contributed by atoms with Crippen molar-refractivity contribution in [3.63, 3.8) is 0 Å². The molecule has 1 aromatic rings. The number of fused-ring (bicyclic) bond motifs is 1. The zero-order chi connectivity index (χ0) is 20.7. The standard InChI is InChI=1S/C17H15Cl2N3O6/c1-7(16(26)28-8(2)13(23)21-4-3-20-17(21)27)22-14(24)9-5-11(18)12(19)6-10(9)15(22)25/h5-8H,3-4H2,1-2H3,(H,20,27)/t7-,8+/m0/s1. The van der Waals surface area contributed by atoms with Crippen LogP contribution in [0.15, 0.2) is 12.1 Å². The van der Waals surface area contributed by atoms with Gasteiger partial charge in [-0.1, -0.05) is 23.2 Å². The van der Waals surface area contributed by atoms with Crippen LogP contribution in [0.1, 0.15) is 34.6 Å². The molecular formula is C17H15Cl2N3O6. The number of rotatable bonds is 4. The maximum absolute atomic E-state index is 12.6. The molecule has 0 aliphatic carbocycles. The SMILES string of the molecule is C[C@@H](OC(=O)[C@H](C)N1C(=O)c2cc(Cl)c(Cl)cc2C1=O)C(=O)N1CCNC1=O. The van der Waals surface area contributed by atoms with Crippen molar-refractivity contribution < 1.29 is 28.7 Å². The molecule has 2 heterocycles. The Bertz CT molecular complexity index is 877. The number of carbonyl (C=O) groups is 5. The van der Waals surface area contributed by atoms with Gasteiger partial charge in [0, 0.05) is 13.1 Å². The van der Waals surface area contributed by atoms with E-state index in [0.717, 1.165) is 9.80 Å². The number of imide groups is 2. The van der Waals surface area contributed by atoms with Gasteiger partial charge >= 0.3 is 12.0 Å². The van der Waals surface area contributed by atoms with Gasteiger partial charge in [-0.05, 0) is 26.0 Å². The molecule has 0 unspecified atom stereocenters. The summed E-state index contributed by atoms with van der Waals surface area (Å²) in [4.78, 5) is 63.0. The first-order valence-electron chi connectivity index (χ1n) is 8.30. The molecule has 2 atom stereocenters. The molecule has 1 fully saturated rings. The summed E-state index contributed by atoms with van der Waals surface area (Å²) in [5.74, 6) is -3.11. The van der Waals surface area contributed by atoms with Crippen molar-refractivity contribution in [2.45, 2.75) is 26.0 Å². The Hall–Kier alpha value is -2.65. The van der Waals surface area contributed by atoms with Crippen molar-refractivity contribution in [1.82, 2.24) is 15.1 Å². The van der Waals surface area contributed by atoms with E-state index in [1.54, 1.807) is 0 Å². The van der Waals surface area contributed by atoms with E-state index in [0.29, 0.717) is 6.54 Å². The Balaban J connectivity index is 1.73. The lowest BCUT2D eigenvalue weighted by atomic mass is 10.1. The van der Waals surface area contributed by atoms with E-state index in [1.807, 2.05) is 0 Å². The minimum Gasteiger partial charge on any atom is -0.451 e. The Kier molecular flexibility index (Phi) is 5.31. The molecule has 1 saturated heterocycles. The highest BCUT2D eigenvalue weighted by molar-refractivity contribution is 6.43. The largest absolute Gasteiger partial charge is 0.451 e. The molecule has 0 spiro atoms. The number of carbonyl (C=O) groups excluding carboxylic acids is 5. The number of nitrogens with zero attached hydrogens (tertiary/aromatic N) is 2. The number of ether oxygens (including phenoxy) is 1. The fraction of sp³-hybridized carbons (Fsp3) is 0.353. The second-order valence-corrected chi connectivity index (χ2v) is 7.08. The molecule has 0 saturated carbocycles. The summed E-state index contributed by atoms with van der Waals surface area (Å²) >= 11 is 11.8. The number of hydrogen-bond donors (Lipinski definition) is 1. The van der Waals surface area contributed by atoms with Crippen LogP contribution in [0.2, 0.25) is 10.0 Å². The first kappa shape index (κ1) is 20.1. The first-order valence-corrected chi connectivity index (χ1v) is 9.05. The summed E-state index contributed by atoms with van der Waals surface area (Å²) in [6.45, 7) is 3.07. The van der Waals surface area contributed by atoms with Crippen LogP contribution in [0, 0.1) is 0 Å². The van der Waals surface area contributed by atoms with Gasteiger partial charge in [0.25, 0.3) is 17.7 Å². The third-order valence-electron chi connectivity index (χ3n) is 4.45. The van der Waals surface area contributed by atoms with E-state index in [1.165, 1.54) is 26.0 Å². The maximum atomic E-state index is 12.6. The van der Waals surface area contributed by atoms with E-state index >= 15 is 0 Å². The number of nitrogens with one attached hydrogen (secondary N) is 1. The Morgan fingerprint density at radius 1 is 1.07 bits per heavy atom. The monoisotopic (exact) mass is 427 g/mol. The fourth-order valence-electron chi connectivity index (χ4n) is 2.93. The van der Waals surface area contributed by atoms with E-state index in [4.69, 9.17) is 27.9 Å². The Morgan fingerprint density at radius 2 is 1.61 bits per heavy atom.